The number of benzene rings is 3. The highest BCUT2D eigenvalue weighted by Crippen LogP contribution is 2.39. The third-order valence-corrected chi connectivity index (χ3v) is 9.73. The van der Waals surface area contributed by atoms with Crippen LogP contribution in [0.15, 0.2) is 91.4 Å². The Hall–Kier alpha value is -5.46. The van der Waals surface area contributed by atoms with Gasteiger partial charge in [-0.2, -0.15) is 5.10 Å². The Morgan fingerprint density at radius 3 is 2.60 bits per heavy atom. The highest BCUT2D eigenvalue weighted by Gasteiger charge is 2.32. The number of nitrogens with zero attached hydrogens (tertiary/aromatic N) is 6. The molecule has 5 heterocycles. The molecule has 1 amide bonds. The molecule has 1 fully saturated rings. The summed E-state index contributed by atoms with van der Waals surface area (Å²) in [7, 11) is 0. The lowest BCUT2D eigenvalue weighted by Gasteiger charge is -2.36. The lowest BCUT2D eigenvalue weighted by molar-refractivity contribution is 0.0360. The molecule has 1 atom stereocenters. The number of rotatable bonds is 9. The van der Waals surface area contributed by atoms with Crippen LogP contribution >= 0.6 is 0 Å². The first-order valence-corrected chi connectivity index (χ1v) is 17.1. The van der Waals surface area contributed by atoms with E-state index in [0.29, 0.717) is 30.3 Å². The molecule has 0 unspecified atom stereocenters. The molecular formula is C38H41N7O5. The van der Waals surface area contributed by atoms with Gasteiger partial charge in [0.05, 0.1) is 42.9 Å². The molecule has 4 aliphatic rings. The molecule has 0 bridgehead atoms. The van der Waals surface area contributed by atoms with Gasteiger partial charge < -0.3 is 29.1 Å². The van der Waals surface area contributed by atoms with Crippen molar-refractivity contribution in [2.45, 2.75) is 32.5 Å². The van der Waals surface area contributed by atoms with Gasteiger partial charge in [0, 0.05) is 55.9 Å². The fourth-order valence-electron chi connectivity index (χ4n) is 6.93. The van der Waals surface area contributed by atoms with E-state index < -0.39 is 0 Å². The van der Waals surface area contributed by atoms with E-state index >= 15 is 0 Å². The second-order valence-corrected chi connectivity index (χ2v) is 13.0. The van der Waals surface area contributed by atoms with Crippen LogP contribution in [0.2, 0.25) is 0 Å². The van der Waals surface area contributed by atoms with Gasteiger partial charge >= 0.3 is 0 Å². The Labute approximate surface area is 291 Å². The van der Waals surface area contributed by atoms with Crippen molar-refractivity contribution in [3.05, 3.63) is 114 Å². The van der Waals surface area contributed by atoms with Crippen molar-refractivity contribution >= 4 is 23.0 Å². The van der Waals surface area contributed by atoms with Gasteiger partial charge in [-0.05, 0) is 73.0 Å². The van der Waals surface area contributed by atoms with E-state index in [9.17, 15) is 9.90 Å². The van der Waals surface area contributed by atoms with Gasteiger partial charge in [0.1, 0.15) is 12.4 Å². The molecule has 12 nitrogen and oxygen atoms in total. The molecule has 0 spiro atoms. The van der Waals surface area contributed by atoms with Crippen LogP contribution in [0.4, 0.5) is 11.4 Å². The molecule has 1 saturated heterocycles. The van der Waals surface area contributed by atoms with Crippen molar-refractivity contribution in [2.24, 2.45) is 0 Å². The van der Waals surface area contributed by atoms with Crippen LogP contribution in [-0.2, 0) is 24.2 Å². The minimum absolute atomic E-state index is 0.0361. The number of allylic oxidation sites excluding steroid dienone is 2. The molecule has 3 aromatic carbocycles. The number of phenols is 1. The summed E-state index contributed by atoms with van der Waals surface area (Å²) in [4.78, 5) is 20.8. The number of amides is 1. The Bertz CT molecular complexity index is 1920. The lowest BCUT2D eigenvalue weighted by atomic mass is 9.93. The average molecular weight is 676 g/mol. The number of morpholine rings is 1. The van der Waals surface area contributed by atoms with Crippen LogP contribution in [0, 0.1) is 0 Å². The molecule has 0 aliphatic carbocycles. The highest BCUT2D eigenvalue weighted by atomic mass is 16.7. The van der Waals surface area contributed by atoms with Crippen LogP contribution in [0.25, 0.3) is 5.70 Å². The van der Waals surface area contributed by atoms with Crippen molar-refractivity contribution in [1.82, 2.24) is 30.0 Å². The predicted octanol–water partition coefficient (Wildman–Crippen LogP) is 4.71. The molecule has 2 N–H and O–H groups in total. The SMILES string of the molecule is C[C@@H]1Cc2ccccc2CN1C(=O)c1cc2c(cc1C1=CC=CN(CN(c3ccc(O)cc3)c3cnn(CCN4CCOCC4)c3)N1)OCO2. The summed E-state index contributed by atoms with van der Waals surface area (Å²) in [6, 6.07) is 19.2. The van der Waals surface area contributed by atoms with E-state index in [1.807, 2.05) is 75.7 Å². The number of carbonyl (C=O) groups is 1. The summed E-state index contributed by atoms with van der Waals surface area (Å²) in [5, 5.41) is 16.7. The van der Waals surface area contributed by atoms with Crippen LogP contribution in [-0.4, -0.2) is 88.0 Å². The summed E-state index contributed by atoms with van der Waals surface area (Å²) in [5.41, 5.74) is 9.83. The Kier molecular flexibility index (Phi) is 8.78. The van der Waals surface area contributed by atoms with Gasteiger partial charge in [0.25, 0.3) is 5.91 Å². The zero-order valence-electron chi connectivity index (χ0n) is 28.1. The second-order valence-electron chi connectivity index (χ2n) is 13.0. The third-order valence-electron chi connectivity index (χ3n) is 9.73. The Morgan fingerprint density at radius 1 is 1.00 bits per heavy atom. The van der Waals surface area contributed by atoms with E-state index in [0.717, 1.165) is 68.4 Å². The minimum atomic E-state index is -0.0562. The number of phenolic OH excluding ortho intramolecular Hbond substituents is 1. The van der Waals surface area contributed by atoms with Gasteiger partial charge in [0.2, 0.25) is 6.79 Å². The molecule has 4 aliphatic heterocycles. The molecule has 0 saturated carbocycles. The number of ether oxygens (including phenoxy) is 3. The molecule has 258 valence electrons. The molecule has 8 rings (SSSR count). The molecule has 1 aromatic heterocycles. The van der Waals surface area contributed by atoms with Gasteiger partial charge in [0.15, 0.2) is 11.5 Å². The Morgan fingerprint density at radius 2 is 1.78 bits per heavy atom. The van der Waals surface area contributed by atoms with Gasteiger partial charge in [-0.3, -0.25) is 24.8 Å². The standard InChI is InChI=1S/C38H41N7O5/c1-27-19-28-5-2-3-6-29(28)23-44(27)38(47)34-21-37-36(49-26-50-37)20-33(34)35-7-4-12-43(40-35)25-45(30-8-10-32(46)11-9-30)31-22-39-42(24-31)14-13-41-15-17-48-18-16-41/h2-12,20-22,24,27,40,46H,13-19,23,25-26H2,1H3/t27-/m1/s1. The fourth-order valence-corrected chi connectivity index (χ4v) is 6.93. The van der Waals surface area contributed by atoms with Gasteiger partial charge in [-0.25, -0.2) is 0 Å². The number of aromatic hydroxyl groups is 1. The van der Waals surface area contributed by atoms with Crippen molar-refractivity contribution in [3.63, 3.8) is 0 Å². The Balaban J connectivity index is 1.04. The molecular weight excluding hydrogens is 634 g/mol. The van der Waals surface area contributed by atoms with E-state index in [2.05, 4.69) is 45.4 Å². The lowest BCUT2D eigenvalue weighted by Crippen LogP contribution is -2.43. The molecule has 50 heavy (non-hydrogen) atoms. The smallest absolute Gasteiger partial charge is 0.255 e. The fraction of sp³-hybridized carbons (Fsp3) is 0.316. The molecule has 4 aromatic rings. The maximum atomic E-state index is 14.4. The largest absolute Gasteiger partial charge is 0.508 e. The predicted molar refractivity (Wildman–Crippen MR) is 189 cm³/mol. The number of hydrogen-bond donors (Lipinski definition) is 2. The van der Waals surface area contributed by atoms with Gasteiger partial charge in [-0.1, -0.05) is 24.3 Å². The first kappa shape index (κ1) is 31.8. The van der Waals surface area contributed by atoms with Crippen LogP contribution in [0.5, 0.6) is 17.2 Å². The van der Waals surface area contributed by atoms with E-state index in [1.54, 1.807) is 12.1 Å². The number of hydrogen-bond acceptors (Lipinski definition) is 10. The quantitative estimate of drug-likeness (QED) is 0.259. The first-order chi connectivity index (χ1) is 24.5. The normalized spacial score (nSPS) is 18.4. The summed E-state index contributed by atoms with van der Waals surface area (Å²) < 4.78 is 19.0. The number of nitrogens with one attached hydrogen (secondary N) is 1. The van der Waals surface area contributed by atoms with Gasteiger partial charge in [-0.15, -0.1) is 0 Å². The molecule has 12 heteroatoms. The van der Waals surface area contributed by atoms with Crippen LogP contribution < -0.4 is 19.8 Å². The summed E-state index contributed by atoms with van der Waals surface area (Å²) in [6.07, 6.45) is 10.6. The maximum absolute atomic E-state index is 14.4. The number of hydrazine groups is 1. The van der Waals surface area contributed by atoms with E-state index in [4.69, 9.17) is 14.2 Å². The monoisotopic (exact) mass is 675 g/mol. The summed E-state index contributed by atoms with van der Waals surface area (Å²) in [5.74, 6) is 1.31. The third kappa shape index (κ3) is 6.59. The number of carbonyl (C=O) groups excluding carboxylic acids is 1. The zero-order chi connectivity index (χ0) is 34.0. The number of anilines is 2. The maximum Gasteiger partial charge on any atom is 0.255 e. The van der Waals surface area contributed by atoms with Crippen molar-refractivity contribution in [1.29, 1.82) is 0 Å². The second kappa shape index (κ2) is 13.8. The van der Waals surface area contributed by atoms with Crippen molar-refractivity contribution in [3.8, 4) is 17.2 Å². The highest BCUT2D eigenvalue weighted by molar-refractivity contribution is 6.00. The van der Waals surface area contributed by atoms with Crippen molar-refractivity contribution < 1.29 is 24.1 Å². The summed E-state index contributed by atoms with van der Waals surface area (Å²) >= 11 is 0. The zero-order valence-corrected chi connectivity index (χ0v) is 28.1. The van der Waals surface area contributed by atoms with Crippen molar-refractivity contribution in [2.75, 3.05) is 51.2 Å². The summed E-state index contributed by atoms with van der Waals surface area (Å²) in [6.45, 7) is 8.21. The number of fused-ring (bicyclic) bond motifs is 2. The van der Waals surface area contributed by atoms with E-state index in [1.165, 1.54) is 11.1 Å². The molecule has 0 radical (unpaired) electrons. The topological polar surface area (TPSA) is 108 Å². The minimum Gasteiger partial charge on any atom is -0.508 e. The number of aromatic nitrogens is 2. The average Bonchev–Trinajstić information content (AvgIpc) is 3.82. The van der Waals surface area contributed by atoms with Crippen LogP contribution in [0.1, 0.15) is 34.0 Å². The first-order valence-electron chi connectivity index (χ1n) is 17.1. The van der Waals surface area contributed by atoms with E-state index in [-0.39, 0.29) is 24.5 Å². The van der Waals surface area contributed by atoms with Crippen LogP contribution in [0.3, 0.4) is 0 Å².